The lowest BCUT2D eigenvalue weighted by atomic mass is 10.1. The standard InChI is InChI=1S/C12H22N2O2S/c15-12(16)10-13-4-1-5-14(7-6-13)11-2-8-17-9-3-11/h11H,1-10H2,(H,15,16). The third-order valence-electron chi connectivity index (χ3n) is 3.69. The monoisotopic (exact) mass is 258 g/mol. The first-order chi connectivity index (χ1) is 8.25. The van der Waals surface area contributed by atoms with E-state index in [4.69, 9.17) is 5.11 Å². The zero-order valence-electron chi connectivity index (χ0n) is 10.3. The van der Waals surface area contributed by atoms with Crippen molar-refractivity contribution in [1.82, 2.24) is 9.80 Å². The van der Waals surface area contributed by atoms with E-state index in [0.717, 1.165) is 38.6 Å². The second-order valence-corrected chi connectivity index (χ2v) is 6.13. The predicted octanol–water partition coefficient (Wildman–Crippen LogP) is 0.974. The molecule has 98 valence electrons. The van der Waals surface area contributed by atoms with E-state index in [1.54, 1.807) is 0 Å². The minimum Gasteiger partial charge on any atom is -0.480 e. The summed E-state index contributed by atoms with van der Waals surface area (Å²) in [7, 11) is 0. The summed E-state index contributed by atoms with van der Waals surface area (Å²) in [6, 6.07) is 0.751. The van der Waals surface area contributed by atoms with Gasteiger partial charge in [0, 0.05) is 25.7 Å². The summed E-state index contributed by atoms with van der Waals surface area (Å²) >= 11 is 2.06. The molecule has 0 amide bonds. The molecule has 0 radical (unpaired) electrons. The van der Waals surface area contributed by atoms with Gasteiger partial charge in [-0.15, -0.1) is 0 Å². The average molecular weight is 258 g/mol. The molecule has 17 heavy (non-hydrogen) atoms. The Bertz CT molecular complexity index is 257. The Morgan fingerprint density at radius 2 is 1.94 bits per heavy atom. The van der Waals surface area contributed by atoms with Crippen LogP contribution in [0.2, 0.25) is 0 Å². The third kappa shape index (κ3) is 4.16. The molecule has 2 aliphatic rings. The zero-order valence-corrected chi connectivity index (χ0v) is 11.1. The second-order valence-electron chi connectivity index (χ2n) is 4.90. The van der Waals surface area contributed by atoms with Crippen molar-refractivity contribution >= 4 is 17.7 Å². The van der Waals surface area contributed by atoms with Crippen molar-refractivity contribution in [2.24, 2.45) is 0 Å². The molecule has 2 heterocycles. The Kier molecular flexibility index (Phi) is 5.13. The van der Waals surface area contributed by atoms with Gasteiger partial charge >= 0.3 is 5.97 Å². The van der Waals surface area contributed by atoms with Crippen LogP contribution in [-0.4, -0.2) is 71.1 Å². The van der Waals surface area contributed by atoms with Crippen molar-refractivity contribution < 1.29 is 9.90 Å². The maximum Gasteiger partial charge on any atom is 0.317 e. The van der Waals surface area contributed by atoms with Crippen LogP contribution >= 0.6 is 11.8 Å². The number of carboxylic acids is 1. The molecule has 2 fully saturated rings. The molecule has 2 aliphatic heterocycles. The lowest BCUT2D eigenvalue weighted by molar-refractivity contribution is -0.138. The largest absolute Gasteiger partial charge is 0.480 e. The fraction of sp³-hybridized carbons (Fsp3) is 0.917. The number of carboxylic acid groups (broad SMARTS) is 1. The van der Waals surface area contributed by atoms with Crippen LogP contribution in [0.3, 0.4) is 0 Å². The van der Waals surface area contributed by atoms with Gasteiger partial charge in [-0.25, -0.2) is 0 Å². The zero-order chi connectivity index (χ0) is 12.1. The molecular weight excluding hydrogens is 236 g/mol. The van der Waals surface area contributed by atoms with E-state index in [1.807, 2.05) is 0 Å². The first kappa shape index (κ1) is 13.2. The predicted molar refractivity (Wildman–Crippen MR) is 70.6 cm³/mol. The Labute approximate surface area is 107 Å². The molecule has 1 N–H and O–H groups in total. The molecule has 0 unspecified atom stereocenters. The minimum atomic E-state index is -0.701. The fourth-order valence-electron chi connectivity index (χ4n) is 2.76. The van der Waals surface area contributed by atoms with Gasteiger partial charge in [-0.1, -0.05) is 0 Å². The highest BCUT2D eigenvalue weighted by molar-refractivity contribution is 7.99. The average Bonchev–Trinajstić information content (AvgIpc) is 2.55. The van der Waals surface area contributed by atoms with Crippen LogP contribution in [-0.2, 0) is 4.79 Å². The summed E-state index contributed by atoms with van der Waals surface area (Å²) in [5, 5.41) is 8.81. The van der Waals surface area contributed by atoms with E-state index in [0.29, 0.717) is 0 Å². The first-order valence-corrected chi connectivity index (χ1v) is 7.67. The number of hydrogen-bond donors (Lipinski definition) is 1. The Balaban J connectivity index is 1.80. The summed E-state index contributed by atoms with van der Waals surface area (Å²) in [4.78, 5) is 15.4. The van der Waals surface area contributed by atoms with Gasteiger partial charge < -0.3 is 5.11 Å². The van der Waals surface area contributed by atoms with Gasteiger partial charge in [0.25, 0.3) is 0 Å². The van der Waals surface area contributed by atoms with Gasteiger partial charge in [0.1, 0.15) is 0 Å². The molecule has 0 atom stereocenters. The number of thioether (sulfide) groups is 1. The van der Waals surface area contributed by atoms with Crippen LogP contribution in [0.15, 0.2) is 0 Å². The van der Waals surface area contributed by atoms with Crippen molar-refractivity contribution in [2.75, 3.05) is 44.2 Å². The van der Waals surface area contributed by atoms with E-state index >= 15 is 0 Å². The van der Waals surface area contributed by atoms with E-state index in [1.165, 1.54) is 24.3 Å². The minimum absolute atomic E-state index is 0.203. The highest BCUT2D eigenvalue weighted by Gasteiger charge is 2.24. The van der Waals surface area contributed by atoms with Crippen molar-refractivity contribution in [2.45, 2.75) is 25.3 Å². The van der Waals surface area contributed by atoms with Crippen molar-refractivity contribution in [3.63, 3.8) is 0 Å². The number of aliphatic carboxylic acids is 1. The Morgan fingerprint density at radius 1 is 1.18 bits per heavy atom. The van der Waals surface area contributed by atoms with E-state index in [-0.39, 0.29) is 6.54 Å². The SMILES string of the molecule is O=C(O)CN1CCCN(C2CCSCC2)CC1. The van der Waals surface area contributed by atoms with Gasteiger partial charge in [0.05, 0.1) is 6.54 Å². The molecule has 5 heteroatoms. The molecule has 4 nitrogen and oxygen atoms in total. The summed E-state index contributed by atoms with van der Waals surface area (Å²) < 4.78 is 0. The number of hydrogen-bond acceptors (Lipinski definition) is 4. The summed E-state index contributed by atoms with van der Waals surface area (Å²) in [5.41, 5.74) is 0. The first-order valence-electron chi connectivity index (χ1n) is 6.51. The highest BCUT2D eigenvalue weighted by atomic mass is 32.2. The number of carbonyl (C=O) groups is 1. The van der Waals surface area contributed by atoms with Gasteiger partial charge in [-0.3, -0.25) is 14.6 Å². The lowest BCUT2D eigenvalue weighted by Crippen LogP contribution is -2.40. The smallest absolute Gasteiger partial charge is 0.317 e. The van der Waals surface area contributed by atoms with Gasteiger partial charge in [0.2, 0.25) is 0 Å². The summed E-state index contributed by atoms with van der Waals surface area (Å²) in [5.74, 6) is 1.88. The topological polar surface area (TPSA) is 43.8 Å². The molecule has 0 saturated carbocycles. The molecule has 2 rings (SSSR count). The normalized spacial score (nSPS) is 25.6. The van der Waals surface area contributed by atoms with Crippen LogP contribution in [0, 0.1) is 0 Å². The van der Waals surface area contributed by atoms with Crippen LogP contribution in [0.5, 0.6) is 0 Å². The van der Waals surface area contributed by atoms with Crippen LogP contribution in [0.25, 0.3) is 0 Å². The lowest BCUT2D eigenvalue weighted by Gasteiger charge is -2.33. The molecule has 2 saturated heterocycles. The van der Waals surface area contributed by atoms with Gasteiger partial charge in [-0.05, 0) is 37.3 Å². The number of rotatable bonds is 3. The second kappa shape index (κ2) is 6.61. The molecule has 0 aliphatic carbocycles. The maximum absolute atomic E-state index is 10.7. The summed E-state index contributed by atoms with van der Waals surface area (Å²) in [6.45, 7) is 4.24. The van der Waals surface area contributed by atoms with Crippen LogP contribution < -0.4 is 0 Å². The number of nitrogens with zero attached hydrogens (tertiary/aromatic N) is 2. The Hall–Kier alpha value is -0.260. The summed E-state index contributed by atoms with van der Waals surface area (Å²) in [6.07, 6.45) is 3.73. The Morgan fingerprint density at radius 3 is 2.65 bits per heavy atom. The van der Waals surface area contributed by atoms with Crippen molar-refractivity contribution in [3.05, 3.63) is 0 Å². The molecule has 0 aromatic rings. The maximum atomic E-state index is 10.7. The molecular formula is C12H22N2O2S. The van der Waals surface area contributed by atoms with Crippen LogP contribution in [0.1, 0.15) is 19.3 Å². The van der Waals surface area contributed by atoms with Crippen molar-refractivity contribution in [1.29, 1.82) is 0 Å². The van der Waals surface area contributed by atoms with Crippen molar-refractivity contribution in [3.8, 4) is 0 Å². The van der Waals surface area contributed by atoms with Crippen LogP contribution in [0.4, 0.5) is 0 Å². The third-order valence-corrected chi connectivity index (χ3v) is 4.74. The van der Waals surface area contributed by atoms with E-state index in [9.17, 15) is 4.79 Å². The molecule has 0 aromatic heterocycles. The highest BCUT2D eigenvalue weighted by Crippen LogP contribution is 2.22. The molecule has 0 aromatic carbocycles. The van der Waals surface area contributed by atoms with E-state index < -0.39 is 5.97 Å². The quantitative estimate of drug-likeness (QED) is 0.817. The molecule has 0 spiro atoms. The fourth-order valence-corrected chi connectivity index (χ4v) is 3.84. The van der Waals surface area contributed by atoms with E-state index in [2.05, 4.69) is 21.6 Å². The van der Waals surface area contributed by atoms with Gasteiger partial charge in [0.15, 0.2) is 0 Å². The molecule has 0 bridgehead atoms. The van der Waals surface area contributed by atoms with Gasteiger partial charge in [-0.2, -0.15) is 11.8 Å².